The summed E-state index contributed by atoms with van der Waals surface area (Å²) in [6.45, 7) is 4.32. The summed E-state index contributed by atoms with van der Waals surface area (Å²) in [4.78, 5) is 10.4. The van der Waals surface area contributed by atoms with Crippen LogP contribution < -0.4 is 5.32 Å². The second kappa shape index (κ2) is 6.74. The number of hydrogen-bond donors (Lipinski definition) is 2. The van der Waals surface area contributed by atoms with Crippen LogP contribution in [0.1, 0.15) is 32.3 Å². The van der Waals surface area contributed by atoms with Gasteiger partial charge in [0.25, 0.3) is 0 Å². The van der Waals surface area contributed by atoms with Gasteiger partial charge in [-0.2, -0.15) is 0 Å². The monoisotopic (exact) mass is 233 g/mol. The number of carboxylic acids is 1. The van der Waals surface area contributed by atoms with Crippen molar-refractivity contribution in [3.05, 3.63) is 35.9 Å². The molecule has 0 saturated carbocycles. The Morgan fingerprint density at radius 2 is 1.88 bits per heavy atom. The van der Waals surface area contributed by atoms with Gasteiger partial charge in [-0.25, -0.2) is 4.79 Å². The van der Waals surface area contributed by atoms with Crippen LogP contribution in [0.2, 0.25) is 0 Å². The number of benzene rings is 1. The smallest absolute Gasteiger partial charge is 0.328 e. The number of rotatable bonds is 6. The largest absolute Gasteiger partial charge is 0.478 e. The van der Waals surface area contributed by atoms with E-state index in [1.54, 1.807) is 6.08 Å². The van der Waals surface area contributed by atoms with Crippen molar-refractivity contribution < 1.29 is 9.90 Å². The lowest BCUT2D eigenvalue weighted by molar-refractivity contribution is -0.131. The molecule has 0 fully saturated rings. The number of anilines is 1. The maximum Gasteiger partial charge on any atom is 0.328 e. The molecule has 2 N–H and O–H groups in total. The van der Waals surface area contributed by atoms with E-state index in [1.807, 2.05) is 24.3 Å². The van der Waals surface area contributed by atoms with E-state index in [1.165, 1.54) is 0 Å². The second-order valence-corrected chi connectivity index (χ2v) is 3.95. The van der Waals surface area contributed by atoms with Crippen molar-refractivity contribution in [2.75, 3.05) is 5.32 Å². The fraction of sp³-hybridized carbons (Fsp3) is 0.357. The molecule has 0 amide bonds. The zero-order valence-corrected chi connectivity index (χ0v) is 10.3. The Hall–Kier alpha value is -1.77. The van der Waals surface area contributed by atoms with Crippen molar-refractivity contribution >= 4 is 17.7 Å². The standard InChI is InChI=1S/C14H19NO2/c1-3-12(4-2)15-13-8-5-11(6-9-13)7-10-14(16)17/h5-10,12,15H,3-4H2,1-2H3,(H,16,17)/b10-7+. The number of hydrogen-bond acceptors (Lipinski definition) is 2. The Bertz CT molecular complexity index is 378. The van der Waals surface area contributed by atoms with Crippen molar-refractivity contribution in [2.45, 2.75) is 32.7 Å². The third kappa shape index (κ3) is 4.72. The summed E-state index contributed by atoms with van der Waals surface area (Å²) in [5, 5.41) is 11.9. The number of nitrogens with one attached hydrogen (secondary N) is 1. The van der Waals surface area contributed by atoms with Crippen LogP contribution in [0.15, 0.2) is 30.3 Å². The minimum absolute atomic E-state index is 0.496. The van der Waals surface area contributed by atoms with Crippen LogP contribution >= 0.6 is 0 Å². The van der Waals surface area contributed by atoms with E-state index >= 15 is 0 Å². The van der Waals surface area contributed by atoms with E-state index < -0.39 is 5.97 Å². The van der Waals surface area contributed by atoms with Crippen molar-refractivity contribution in [3.8, 4) is 0 Å². The number of carboxylic acid groups (broad SMARTS) is 1. The molecule has 1 aromatic carbocycles. The first-order valence-electron chi connectivity index (χ1n) is 5.93. The summed E-state index contributed by atoms with van der Waals surface area (Å²) < 4.78 is 0. The quantitative estimate of drug-likeness (QED) is 0.740. The van der Waals surface area contributed by atoms with Crippen LogP contribution in [0.25, 0.3) is 6.08 Å². The Kier molecular flexibility index (Phi) is 5.27. The second-order valence-electron chi connectivity index (χ2n) is 3.95. The molecule has 0 radical (unpaired) electrons. The average molecular weight is 233 g/mol. The van der Waals surface area contributed by atoms with Crippen LogP contribution in [0.4, 0.5) is 5.69 Å². The maximum atomic E-state index is 10.4. The molecular formula is C14H19NO2. The fourth-order valence-corrected chi connectivity index (χ4v) is 1.59. The minimum Gasteiger partial charge on any atom is -0.478 e. The Labute approximate surface area is 102 Å². The molecule has 3 heteroatoms. The van der Waals surface area contributed by atoms with Gasteiger partial charge < -0.3 is 10.4 Å². The van der Waals surface area contributed by atoms with Gasteiger partial charge in [-0.1, -0.05) is 26.0 Å². The van der Waals surface area contributed by atoms with E-state index in [0.717, 1.165) is 30.2 Å². The Morgan fingerprint density at radius 3 is 2.35 bits per heavy atom. The van der Waals surface area contributed by atoms with Gasteiger partial charge >= 0.3 is 5.97 Å². The van der Waals surface area contributed by atoms with Crippen molar-refractivity contribution in [1.82, 2.24) is 0 Å². The predicted octanol–water partition coefficient (Wildman–Crippen LogP) is 3.38. The molecule has 1 aromatic rings. The molecule has 0 spiro atoms. The molecule has 0 aromatic heterocycles. The highest BCUT2D eigenvalue weighted by Crippen LogP contribution is 2.14. The van der Waals surface area contributed by atoms with Crippen molar-refractivity contribution in [3.63, 3.8) is 0 Å². The summed E-state index contributed by atoms with van der Waals surface area (Å²) in [5.74, 6) is -0.927. The summed E-state index contributed by atoms with van der Waals surface area (Å²) in [6, 6.07) is 8.25. The molecule has 3 nitrogen and oxygen atoms in total. The highest BCUT2D eigenvalue weighted by atomic mass is 16.4. The molecule has 0 saturated heterocycles. The SMILES string of the molecule is CCC(CC)Nc1ccc(/C=C/C(=O)O)cc1. The predicted molar refractivity (Wildman–Crippen MR) is 71.1 cm³/mol. The highest BCUT2D eigenvalue weighted by Gasteiger charge is 2.02. The van der Waals surface area contributed by atoms with E-state index in [4.69, 9.17) is 5.11 Å². The summed E-state index contributed by atoms with van der Waals surface area (Å²) in [7, 11) is 0. The van der Waals surface area contributed by atoms with Crippen molar-refractivity contribution in [1.29, 1.82) is 0 Å². The zero-order chi connectivity index (χ0) is 12.7. The van der Waals surface area contributed by atoms with Gasteiger partial charge in [0.15, 0.2) is 0 Å². The Morgan fingerprint density at radius 1 is 1.29 bits per heavy atom. The molecule has 0 aliphatic heterocycles. The molecule has 1 rings (SSSR count). The lowest BCUT2D eigenvalue weighted by Crippen LogP contribution is -2.16. The summed E-state index contributed by atoms with van der Waals surface area (Å²) >= 11 is 0. The van der Waals surface area contributed by atoms with Gasteiger partial charge in [-0.15, -0.1) is 0 Å². The normalized spacial score (nSPS) is 11.0. The molecule has 17 heavy (non-hydrogen) atoms. The fourth-order valence-electron chi connectivity index (χ4n) is 1.59. The average Bonchev–Trinajstić information content (AvgIpc) is 2.34. The van der Waals surface area contributed by atoms with E-state index in [-0.39, 0.29) is 0 Å². The lowest BCUT2D eigenvalue weighted by atomic mass is 10.1. The first-order valence-corrected chi connectivity index (χ1v) is 5.93. The van der Waals surface area contributed by atoms with Gasteiger partial charge in [0.05, 0.1) is 0 Å². The molecule has 0 bridgehead atoms. The van der Waals surface area contributed by atoms with Crippen LogP contribution in [0, 0.1) is 0 Å². The lowest BCUT2D eigenvalue weighted by Gasteiger charge is -2.16. The first kappa shape index (κ1) is 13.3. The third-order valence-corrected chi connectivity index (χ3v) is 2.69. The minimum atomic E-state index is -0.927. The van der Waals surface area contributed by atoms with E-state index in [9.17, 15) is 4.79 Å². The summed E-state index contributed by atoms with van der Waals surface area (Å²) in [5.41, 5.74) is 1.97. The summed E-state index contributed by atoms with van der Waals surface area (Å²) in [6.07, 6.45) is 4.92. The van der Waals surface area contributed by atoms with Crippen LogP contribution in [0.5, 0.6) is 0 Å². The molecule has 0 heterocycles. The Balaban J connectivity index is 2.64. The highest BCUT2D eigenvalue weighted by molar-refractivity contribution is 5.85. The maximum absolute atomic E-state index is 10.4. The van der Waals surface area contributed by atoms with Crippen LogP contribution in [-0.4, -0.2) is 17.1 Å². The molecule has 0 unspecified atom stereocenters. The third-order valence-electron chi connectivity index (χ3n) is 2.69. The van der Waals surface area contributed by atoms with Crippen molar-refractivity contribution in [2.24, 2.45) is 0 Å². The van der Waals surface area contributed by atoms with E-state index in [0.29, 0.717) is 6.04 Å². The molecule has 0 atom stereocenters. The van der Waals surface area contributed by atoms with Crippen LogP contribution in [-0.2, 0) is 4.79 Å². The van der Waals surface area contributed by atoms with Crippen LogP contribution in [0.3, 0.4) is 0 Å². The van der Waals surface area contributed by atoms with Gasteiger partial charge in [-0.05, 0) is 36.6 Å². The molecule has 0 aliphatic carbocycles. The van der Waals surface area contributed by atoms with Gasteiger partial charge in [-0.3, -0.25) is 0 Å². The van der Waals surface area contributed by atoms with Gasteiger partial charge in [0.2, 0.25) is 0 Å². The molecule has 92 valence electrons. The van der Waals surface area contributed by atoms with E-state index in [2.05, 4.69) is 19.2 Å². The number of aliphatic carboxylic acids is 1. The molecule has 0 aliphatic rings. The topological polar surface area (TPSA) is 49.3 Å². The first-order chi connectivity index (χ1) is 8.15. The van der Waals surface area contributed by atoms with Gasteiger partial charge in [0, 0.05) is 17.8 Å². The molecular weight excluding hydrogens is 214 g/mol. The zero-order valence-electron chi connectivity index (χ0n) is 10.3. The number of carbonyl (C=O) groups is 1. The van der Waals surface area contributed by atoms with Gasteiger partial charge in [0.1, 0.15) is 0 Å².